The van der Waals surface area contributed by atoms with Gasteiger partial charge in [0.15, 0.2) is 0 Å². The van der Waals surface area contributed by atoms with Crippen molar-refractivity contribution in [3.05, 3.63) is 52.0 Å². The molecule has 0 saturated heterocycles. The number of carbonyl (C=O) groups excluding carboxylic acids is 1. The lowest BCUT2D eigenvalue weighted by Crippen LogP contribution is -2.39. The largest absolute Gasteiger partial charge is 0.271 e. The number of sulfonamides is 1. The molecule has 0 saturated carbocycles. The summed E-state index contributed by atoms with van der Waals surface area (Å²) in [5.41, 5.74) is 3.52. The van der Waals surface area contributed by atoms with Crippen molar-refractivity contribution in [3.63, 3.8) is 0 Å². The molecule has 0 atom stereocenters. The van der Waals surface area contributed by atoms with Gasteiger partial charge >= 0.3 is 0 Å². The van der Waals surface area contributed by atoms with Crippen molar-refractivity contribution in [2.45, 2.75) is 6.92 Å². The zero-order valence-electron chi connectivity index (χ0n) is 13.1. The number of anilines is 1. The first-order valence-electron chi connectivity index (χ1n) is 6.86. The Morgan fingerprint density at radius 2 is 2.00 bits per heavy atom. The molecule has 6 nitrogen and oxygen atoms in total. The number of thiophene rings is 1. The number of amides is 1. The highest BCUT2D eigenvalue weighted by molar-refractivity contribution is 7.92. The Morgan fingerprint density at radius 3 is 2.54 bits per heavy atom. The third-order valence-corrected chi connectivity index (χ3v) is 5.17. The first-order chi connectivity index (χ1) is 11.3. The second-order valence-electron chi connectivity index (χ2n) is 5.01. The molecular weight excluding hydrogens is 353 g/mol. The van der Waals surface area contributed by atoms with E-state index in [2.05, 4.69) is 10.5 Å². The van der Waals surface area contributed by atoms with Crippen LogP contribution >= 0.6 is 11.3 Å². The highest BCUT2D eigenvalue weighted by Crippen LogP contribution is 2.17. The lowest BCUT2D eigenvalue weighted by Gasteiger charge is -2.21. The fraction of sp³-hybridized carbons (Fsp3) is 0.200. The van der Waals surface area contributed by atoms with Crippen molar-refractivity contribution >= 4 is 39.2 Å². The molecule has 0 bridgehead atoms. The number of benzene rings is 1. The van der Waals surface area contributed by atoms with Gasteiger partial charge in [0.1, 0.15) is 12.4 Å². The maximum Gasteiger partial charge on any atom is 0.260 e. The van der Waals surface area contributed by atoms with E-state index < -0.39 is 28.3 Å². The molecule has 0 aliphatic rings. The minimum Gasteiger partial charge on any atom is -0.271 e. The molecule has 1 amide bonds. The van der Waals surface area contributed by atoms with Gasteiger partial charge in [0.25, 0.3) is 5.91 Å². The molecule has 0 unspecified atom stereocenters. The molecule has 2 rings (SSSR count). The monoisotopic (exact) mass is 369 g/mol. The molecule has 0 fully saturated rings. The summed E-state index contributed by atoms with van der Waals surface area (Å²) in [5, 5.41) is 5.72. The number of nitrogens with one attached hydrogen (secondary N) is 1. The fourth-order valence-electron chi connectivity index (χ4n) is 1.85. The van der Waals surface area contributed by atoms with E-state index in [0.29, 0.717) is 0 Å². The van der Waals surface area contributed by atoms with Crippen LogP contribution in [0.1, 0.15) is 10.4 Å². The van der Waals surface area contributed by atoms with Crippen LogP contribution in [-0.4, -0.2) is 33.3 Å². The molecule has 0 aliphatic carbocycles. The minimum absolute atomic E-state index is 0.201. The van der Waals surface area contributed by atoms with Crippen LogP contribution < -0.4 is 9.73 Å². The number of rotatable bonds is 6. The van der Waals surface area contributed by atoms with Crippen molar-refractivity contribution < 1.29 is 17.6 Å². The molecule has 24 heavy (non-hydrogen) atoms. The lowest BCUT2D eigenvalue weighted by molar-refractivity contribution is -0.119. The van der Waals surface area contributed by atoms with Gasteiger partial charge in [-0.2, -0.15) is 5.10 Å². The SMILES string of the molecule is Cc1ccsc1/C=N\NC(=O)CN(c1ccc(F)cc1)S(C)(=O)=O. The van der Waals surface area contributed by atoms with E-state index in [9.17, 15) is 17.6 Å². The maximum atomic E-state index is 13.0. The van der Waals surface area contributed by atoms with Gasteiger partial charge < -0.3 is 0 Å². The molecule has 0 radical (unpaired) electrons. The Kier molecular flexibility index (Phi) is 5.68. The van der Waals surface area contributed by atoms with Crippen molar-refractivity contribution in [2.75, 3.05) is 17.1 Å². The average Bonchev–Trinajstić information content (AvgIpc) is 2.90. The van der Waals surface area contributed by atoms with E-state index in [4.69, 9.17) is 0 Å². The summed E-state index contributed by atoms with van der Waals surface area (Å²) in [7, 11) is -3.70. The molecule has 0 spiro atoms. The van der Waals surface area contributed by atoms with Crippen LogP contribution in [0.15, 0.2) is 40.8 Å². The van der Waals surface area contributed by atoms with Crippen molar-refractivity contribution in [2.24, 2.45) is 5.10 Å². The molecule has 1 aromatic carbocycles. The number of hydrogen-bond donors (Lipinski definition) is 1. The van der Waals surface area contributed by atoms with Crippen LogP contribution in [-0.2, 0) is 14.8 Å². The Bertz CT molecular complexity index is 845. The van der Waals surface area contributed by atoms with Crippen LogP contribution in [0.2, 0.25) is 0 Å². The van der Waals surface area contributed by atoms with E-state index in [1.165, 1.54) is 29.7 Å². The standard InChI is InChI=1S/C15H16FN3O3S2/c1-11-7-8-23-14(11)9-17-18-15(20)10-19(24(2,21)22)13-5-3-12(16)4-6-13/h3-9H,10H2,1-2H3,(H,18,20)/b17-9-. The number of carbonyl (C=O) groups is 1. The Labute approximate surface area is 143 Å². The normalized spacial score (nSPS) is 11.6. The van der Waals surface area contributed by atoms with Crippen LogP contribution in [0.3, 0.4) is 0 Å². The van der Waals surface area contributed by atoms with Crippen molar-refractivity contribution in [1.29, 1.82) is 0 Å². The Morgan fingerprint density at radius 1 is 1.33 bits per heavy atom. The summed E-state index contributed by atoms with van der Waals surface area (Å²) in [6.45, 7) is 1.46. The second-order valence-corrected chi connectivity index (χ2v) is 7.86. The maximum absolute atomic E-state index is 13.0. The van der Waals surface area contributed by atoms with E-state index in [1.54, 1.807) is 0 Å². The predicted octanol–water partition coefficient (Wildman–Crippen LogP) is 2.11. The first-order valence-corrected chi connectivity index (χ1v) is 9.59. The van der Waals surface area contributed by atoms with Crippen molar-refractivity contribution in [1.82, 2.24) is 5.43 Å². The topological polar surface area (TPSA) is 78.8 Å². The number of aryl methyl sites for hydroxylation is 1. The van der Waals surface area contributed by atoms with E-state index in [1.807, 2.05) is 18.4 Å². The summed E-state index contributed by atoms with van der Waals surface area (Å²) in [4.78, 5) is 12.8. The van der Waals surface area contributed by atoms with Gasteiger partial charge in [-0.1, -0.05) is 0 Å². The molecule has 2 aromatic rings. The number of halogens is 1. The van der Waals surface area contributed by atoms with Gasteiger partial charge in [-0.05, 0) is 48.2 Å². The van der Waals surface area contributed by atoms with Crippen LogP contribution in [0.4, 0.5) is 10.1 Å². The van der Waals surface area contributed by atoms with E-state index in [0.717, 1.165) is 33.1 Å². The van der Waals surface area contributed by atoms with Gasteiger partial charge in [-0.15, -0.1) is 11.3 Å². The Balaban J connectivity index is 2.07. The third-order valence-electron chi connectivity index (χ3n) is 3.07. The molecule has 1 N–H and O–H groups in total. The Hall–Kier alpha value is -2.26. The van der Waals surface area contributed by atoms with Gasteiger partial charge in [0.05, 0.1) is 18.2 Å². The predicted molar refractivity (Wildman–Crippen MR) is 93.4 cm³/mol. The minimum atomic E-state index is -3.70. The van der Waals surface area contributed by atoms with Crippen LogP contribution in [0.25, 0.3) is 0 Å². The smallest absolute Gasteiger partial charge is 0.260 e. The number of hydrazone groups is 1. The van der Waals surface area contributed by atoms with Crippen LogP contribution in [0.5, 0.6) is 0 Å². The quantitative estimate of drug-likeness (QED) is 0.626. The fourth-order valence-corrected chi connectivity index (χ4v) is 3.50. The summed E-state index contributed by atoms with van der Waals surface area (Å²) < 4.78 is 37.6. The first kappa shape index (κ1) is 18.1. The zero-order valence-corrected chi connectivity index (χ0v) is 14.7. The highest BCUT2D eigenvalue weighted by atomic mass is 32.2. The molecule has 0 aliphatic heterocycles. The van der Waals surface area contributed by atoms with Crippen molar-refractivity contribution in [3.8, 4) is 0 Å². The van der Waals surface area contributed by atoms with E-state index in [-0.39, 0.29) is 5.69 Å². The molecule has 9 heteroatoms. The summed E-state index contributed by atoms with van der Waals surface area (Å²) in [5.74, 6) is -1.09. The van der Waals surface area contributed by atoms with Crippen LogP contribution in [0, 0.1) is 12.7 Å². The van der Waals surface area contributed by atoms with Gasteiger partial charge in [-0.25, -0.2) is 18.2 Å². The highest BCUT2D eigenvalue weighted by Gasteiger charge is 2.20. The molecular formula is C15H16FN3O3S2. The zero-order chi connectivity index (χ0) is 17.7. The van der Waals surface area contributed by atoms with E-state index >= 15 is 0 Å². The summed E-state index contributed by atoms with van der Waals surface area (Å²) in [6, 6.07) is 6.77. The summed E-state index contributed by atoms with van der Waals surface area (Å²) >= 11 is 1.48. The number of nitrogens with zero attached hydrogens (tertiary/aromatic N) is 2. The molecule has 128 valence electrons. The van der Waals surface area contributed by atoms with Gasteiger partial charge in [0, 0.05) is 4.88 Å². The second kappa shape index (κ2) is 7.54. The lowest BCUT2D eigenvalue weighted by atomic mass is 10.3. The number of hydrogen-bond acceptors (Lipinski definition) is 5. The third kappa shape index (κ3) is 4.87. The summed E-state index contributed by atoms with van der Waals surface area (Å²) in [6.07, 6.45) is 2.47. The average molecular weight is 369 g/mol. The van der Waals surface area contributed by atoms with Gasteiger partial charge in [0.2, 0.25) is 10.0 Å². The van der Waals surface area contributed by atoms with Gasteiger partial charge in [-0.3, -0.25) is 9.10 Å². The molecule has 1 aromatic heterocycles. The molecule has 1 heterocycles.